The highest BCUT2D eigenvalue weighted by molar-refractivity contribution is 6.42. The predicted octanol–water partition coefficient (Wildman–Crippen LogP) is 5.02. The number of hydrogen-bond donors (Lipinski definition) is 1. The molecule has 0 radical (unpaired) electrons. The summed E-state index contributed by atoms with van der Waals surface area (Å²) in [6, 6.07) is 6.68. The molecule has 1 N–H and O–H groups in total. The lowest BCUT2D eigenvalue weighted by Gasteiger charge is -2.21. The molecular formula is C15H21Cl2N. The lowest BCUT2D eigenvalue weighted by molar-refractivity contribution is 0.472. The maximum Gasteiger partial charge on any atom is 0.0595 e. The second-order valence-electron chi connectivity index (χ2n) is 5.13. The summed E-state index contributed by atoms with van der Waals surface area (Å²) >= 11 is 12.1. The van der Waals surface area contributed by atoms with Gasteiger partial charge in [0.05, 0.1) is 10.0 Å². The van der Waals surface area contributed by atoms with Crippen molar-refractivity contribution >= 4 is 23.2 Å². The van der Waals surface area contributed by atoms with Crippen molar-refractivity contribution in [2.75, 3.05) is 6.54 Å². The number of hydrogen-bond acceptors (Lipinski definition) is 1. The van der Waals surface area contributed by atoms with E-state index >= 15 is 0 Å². The summed E-state index contributed by atoms with van der Waals surface area (Å²) in [6.07, 6.45) is 6.33. The predicted molar refractivity (Wildman–Crippen MR) is 79.8 cm³/mol. The molecule has 1 fully saturated rings. The maximum absolute atomic E-state index is 6.11. The fourth-order valence-electron chi connectivity index (χ4n) is 2.81. The topological polar surface area (TPSA) is 12.0 Å². The van der Waals surface area contributed by atoms with Crippen LogP contribution in [0.25, 0.3) is 0 Å². The van der Waals surface area contributed by atoms with Crippen LogP contribution >= 0.6 is 23.2 Å². The molecule has 18 heavy (non-hydrogen) atoms. The van der Waals surface area contributed by atoms with Gasteiger partial charge in [-0.25, -0.2) is 0 Å². The molecule has 0 amide bonds. The zero-order valence-electron chi connectivity index (χ0n) is 10.9. The molecule has 2 unspecified atom stereocenters. The van der Waals surface area contributed by atoms with Gasteiger partial charge in [-0.05, 0) is 49.4 Å². The van der Waals surface area contributed by atoms with Gasteiger partial charge < -0.3 is 5.32 Å². The number of unbranched alkanes of at least 4 members (excludes halogenated alkanes) is 1. The van der Waals surface area contributed by atoms with Gasteiger partial charge in [0.15, 0.2) is 0 Å². The van der Waals surface area contributed by atoms with E-state index in [-0.39, 0.29) is 0 Å². The Balaban J connectivity index is 2.03. The van der Waals surface area contributed by atoms with Crippen LogP contribution in [-0.2, 0) is 0 Å². The largest absolute Gasteiger partial charge is 0.313 e. The highest BCUT2D eigenvalue weighted by atomic mass is 35.5. The smallest absolute Gasteiger partial charge is 0.0595 e. The standard InChI is InChI=1S/C15H21Cl2N/c1-2-3-9-18-15-6-4-5-12(15)11-7-8-13(16)14(17)10-11/h7-8,10,12,15,18H,2-6,9H2,1H3. The third-order valence-electron chi connectivity index (χ3n) is 3.82. The van der Waals surface area contributed by atoms with Gasteiger partial charge in [0.2, 0.25) is 0 Å². The molecule has 1 saturated carbocycles. The molecular weight excluding hydrogens is 265 g/mol. The molecule has 2 atom stereocenters. The third-order valence-corrected chi connectivity index (χ3v) is 4.56. The van der Waals surface area contributed by atoms with E-state index in [1.807, 2.05) is 12.1 Å². The zero-order valence-corrected chi connectivity index (χ0v) is 12.4. The minimum atomic E-state index is 0.594. The minimum Gasteiger partial charge on any atom is -0.313 e. The fraction of sp³-hybridized carbons (Fsp3) is 0.600. The first-order valence-corrected chi connectivity index (χ1v) is 7.66. The molecule has 0 heterocycles. The maximum atomic E-state index is 6.11. The van der Waals surface area contributed by atoms with Crippen molar-refractivity contribution in [1.82, 2.24) is 5.32 Å². The average Bonchev–Trinajstić information content (AvgIpc) is 2.81. The first-order chi connectivity index (χ1) is 8.72. The molecule has 1 aliphatic rings. The van der Waals surface area contributed by atoms with E-state index in [4.69, 9.17) is 23.2 Å². The molecule has 2 rings (SSSR count). The summed E-state index contributed by atoms with van der Waals surface area (Å²) in [5.41, 5.74) is 1.33. The van der Waals surface area contributed by atoms with E-state index in [2.05, 4.69) is 18.3 Å². The number of nitrogens with one attached hydrogen (secondary N) is 1. The van der Waals surface area contributed by atoms with Gasteiger partial charge in [0.1, 0.15) is 0 Å². The summed E-state index contributed by atoms with van der Waals surface area (Å²) in [7, 11) is 0. The van der Waals surface area contributed by atoms with Gasteiger partial charge in [0.25, 0.3) is 0 Å². The van der Waals surface area contributed by atoms with Crippen molar-refractivity contribution in [2.45, 2.75) is 51.0 Å². The second kappa shape index (κ2) is 6.79. The van der Waals surface area contributed by atoms with Crippen LogP contribution in [0.4, 0.5) is 0 Å². The number of halogens is 2. The Morgan fingerprint density at radius 1 is 1.22 bits per heavy atom. The van der Waals surface area contributed by atoms with Gasteiger partial charge in [-0.1, -0.05) is 49.0 Å². The molecule has 1 aromatic carbocycles. The molecule has 100 valence electrons. The van der Waals surface area contributed by atoms with Crippen LogP contribution in [0.1, 0.15) is 50.5 Å². The Morgan fingerprint density at radius 2 is 2.06 bits per heavy atom. The lowest BCUT2D eigenvalue weighted by atomic mass is 9.94. The van der Waals surface area contributed by atoms with Crippen molar-refractivity contribution in [3.8, 4) is 0 Å². The van der Waals surface area contributed by atoms with Crippen molar-refractivity contribution in [1.29, 1.82) is 0 Å². The molecule has 0 bridgehead atoms. The molecule has 1 nitrogen and oxygen atoms in total. The Bertz CT molecular complexity index is 392. The van der Waals surface area contributed by atoms with E-state index in [1.54, 1.807) is 0 Å². The molecule has 1 aromatic rings. The summed E-state index contributed by atoms with van der Waals surface area (Å²) in [6.45, 7) is 3.35. The zero-order chi connectivity index (χ0) is 13.0. The van der Waals surface area contributed by atoms with Gasteiger partial charge in [0, 0.05) is 6.04 Å². The van der Waals surface area contributed by atoms with Gasteiger partial charge >= 0.3 is 0 Å². The molecule has 0 aliphatic heterocycles. The van der Waals surface area contributed by atoms with Crippen LogP contribution in [0, 0.1) is 0 Å². The van der Waals surface area contributed by atoms with Crippen LogP contribution < -0.4 is 5.32 Å². The van der Waals surface area contributed by atoms with Gasteiger partial charge in [-0.3, -0.25) is 0 Å². The molecule has 0 aromatic heterocycles. The van der Waals surface area contributed by atoms with Crippen LogP contribution in [0.3, 0.4) is 0 Å². The van der Waals surface area contributed by atoms with Crippen molar-refractivity contribution < 1.29 is 0 Å². The monoisotopic (exact) mass is 285 g/mol. The van der Waals surface area contributed by atoms with Gasteiger partial charge in [-0.15, -0.1) is 0 Å². The van der Waals surface area contributed by atoms with Gasteiger partial charge in [-0.2, -0.15) is 0 Å². The van der Waals surface area contributed by atoms with Crippen LogP contribution in [0.2, 0.25) is 10.0 Å². The van der Waals surface area contributed by atoms with Crippen LogP contribution in [0.15, 0.2) is 18.2 Å². The normalized spacial score (nSPS) is 23.5. The van der Waals surface area contributed by atoms with E-state index < -0.39 is 0 Å². The summed E-state index contributed by atoms with van der Waals surface area (Å²) in [5.74, 6) is 0.594. The summed E-state index contributed by atoms with van der Waals surface area (Å²) in [4.78, 5) is 0. The van der Waals surface area contributed by atoms with E-state index in [1.165, 1.54) is 37.7 Å². The van der Waals surface area contributed by atoms with Crippen molar-refractivity contribution in [3.63, 3.8) is 0 Å². The Hall–Kier alpha value is -0.240. The Labute approximate surface area is 120 Å². The van der Waals surface area contributed by atoms with Crippen molar-refractivity contribution in [2.24, 2.45) is 0 Å². The summed E-state index contributed by atoms with van der Waals surface area (Å²) < 4.78 is 0. The molecule has 1 aliphatic carbocycles. The van der Waals surface area contributed by atoms with E-state index in [0.29, 0.717) is 22.0 Å². The highest BCUT2D eigenvalue weighted by Gasteiger charge is 2.28. The second-order valence-corrected chi connectivity index (χ2v) is 5.94. The fourth-order valence-corrected chi connectivity index (χ4v) is 3.12. The van der Waals surface area contributed by atoms with E-state index in [9.17, 15) is 0 Å². The van der Waals surface area contributed by atoms with Crippen LogP contribution in [0.5, 0.6) is 0 Å². The number of rotatable bonds is 5. The lowest BCUT2D eigenvalue weighted by Crippen LogP contribution is -2.31. The first kappa shape index (κ1) is 14.2. The average molecular weight is 286 g/mol. The van der Waals surface area contributed by atoms with E-state index in [0.717, 1.165) is 6.54 Å². The Kier molecular flexibility index (Phi) is 5.35. The SMILES string of the molecule is CCCCNC1CCCC1c1ccc(Cl)c(Cl)c1. The van der Waals surface area contributed by atoms with Crippen LogP contribution in [-0.4, -0.2) is 12.6 Å². The highest BCUT2D eigenvalue weighted by Crippen LogP contribution is 2.36. The summed E-state index contributed by atoms with van der Waals surface area (Å²) in [5, 5.41) is 5.01. The molecule has 3 heteroatoms. The quantitative estimate of drug-likeness (QED) is 0.749. The Morgan fingerprint density at radius 3 is 2.78 bits per heavy atom. The number of benzene rings is 1. The third kappa shape index (κ3) is 3.40. The van der Waals surface area contributed by atoms with Crippen molar-refractivity contribution in [3.05, 3.63) is 33.8 Å². The first-order valence-electron chi connectivity index (χ1n) is 6.90. The molecule has 0 saturated heterocycles. The molecule has 0 spiro atoms. The minimum absolute atomic E-state index is 0.594.